The van der Waals surface area contributed by atoms with Crippen molar-refractivity contribution in [3.63, 3.8) is 0 Å². The van der Waals surface area contributed by atoms with Gasteiger partial charge in [0.1, 0.15) is 28.9 Å². The largest absolute Gasteiger partial charge is 0.508 e. The van der Waals surface area contributed by atoms with Crippen LogP contribution in [0.1, 0.15) is 30.9 Å². The fraction of sp³-hybridized carbons (Fsp3) is 0.417. The molecule has 1 saturated carbocycles. The van der Waals surface area contributed by atoms with Crippen molar-refractivity contribution in [3.05, 3.63) is 40.2 Å². The second-order valence-corrected chi connectivity index (χ2v) is 9.64. The van der Waals surface area contributed by atoms with Crippen molar-refractivity contribution >= 4 is 34.9 Å². The molecule has 0 aliphatic heterocycles. The average Bonchev–Trinajstić information content (AvgIpc) is 2.80. The molecule has 6 atom stereocenters. The quantitative estimate of drug-likeness (QED) is 0.188. The highest BCUT2D eigenvalue weighted by Crippen LogP contribution is 2.57. The summed E-state index contributed by atoms with van der Waals surface area (Å²) in [5.41, 5.74) is 7.98. The van der Waals surface area contributed by atoms with Crippen LogP contribution in [0.15, 0.2) is 34.2 Å². The highest BCUT2D eigenvalue weighted by Gasteiger charge is 2.69. The number of phenols is 1. The van der Waals surface area contributed by atoms with Crippen molar-refractivity contribution in [1.82, 2.24) is 4.90 Å². The molecule has 0 bridgehead atoms. The van der Waals surface area contributed by atoms with E-state index in [1.807, 2.05) is 0 Å². The standard InChI is InChI=1S/C24H26N4O9/c1-7-9-5-6-10(27-26)17(30)12(9)18(31)13-11(7)20(37-8(2)29)15-16(28(3)4)19(32)14(23(25)35)22(34)24(15,36)21(13)33/h5-7,11,15-16,20,26,30-31,34,36H,1-4H3,(H2,25,35)/t7-,11+,15+,16-,20-,24-/m0/s1. The first-order valence-electron chi connectivity index (χ1n) is 11.3. The summed E-state index contributed by atoms with van der Waals surface area (Å²) in [6.07, 6.45) is -1.46. The van der Waals surface area contributed by atoms with Crippen LogP contribution in [-0.4, -0.2) is 80.6 Å². The van der Waals surface area contributed by atoms with E-state index in [0.29, 0.717) is 5.56 Å². The summed E-state index contributed by atoms with van der Waals surface area (Å²) in [4.78, 5) is 53.0. The minimum Gasteiger partial charge on any atom is -0.508 e. The molecule has 0 radical (unpaired) electrons. The van der Waals surface area contributed by atoms with Crippen molar-refractivity contribution in [2.24, 2.45) is 22.7 Å². The second-order valence-electron chi connectivity index (χ2n) is 9.64. The number of Topliss-reactive ketones (excluding diaryl/α,β-unsaturated/α-hetero) is 2. The van der Waals surface area contributed by atoms with Crippen molar-refractivity contribution in [2.75, 3.05) is 14.1 Å². The molecule has 0 aromatic heterocycles. The second kappa shape index (κ2) is 8.49. The number of amides is 1. The van der Waals surface area contributed by atoms with Crippen LogP contribution in [0, 0.1) is 17.4 Å². The summed E-state index contributed by atoms with van der Waals surface area (Å²) >= 11 is 0. The molecule has 3 aliphatic carbocycles. The van der Waals surface area contributed by atoms with Gasteiger partial charge in [-0.3, -0.25) is 24.1 Å². The van der Waals surface area contributed by atoms with Gasteiger partial charge >= 0.3 is 5.97 Å². The normalized spacial score (nSPS) is 31.0. The van der Waals surface area contributed by atoms with Crippen LogP contribution < -0.4 is 5.73 Å². The van der Waals surface area contributed by atoms with Gasteiger partial charge < -0.3 is 30.9 Å². The monoisotopic (exact) mass is 514 g/mol. The fourth-order valence-corrected chi connectivity index (χ4v) is 6.00. The third-order valence-corrected chi connectivity index (χ3v) is 7.50. The Morgan fingerprint density at radius 2 is 1.81 bits per heavy atom. The number of aromatic hydroxyl groups is 1. The first-order chi connectivity index (χ1) is 17.2. The Morgan fingerprint density at radius 1 is 1.19 bits per heavy atom. The number of carbonyl (C=O) groups is 4. The highest BCUT2D eigenvalue weighted by atomic mass is 16.5. The maximum atomic E-state index is 14.0. The lowest BCUT2D eigenvalue weighted by atomic mass is 9.54. The Kier molecular flexibility index (Phi) is 5.96. The molecule has 4 rings (SSSR count). The summed E-state index contributed by atoms with van der Waals surface area (Å²) in [7, 11) is 2.87. The summed E-state index contributed by atoms with van der Waals surface area (Å²) in [6, 6.07) is 1.37. The number of nitrogens with zero attached hydrogens (tertiary/aromatic N) is 2. The molecule has 0 unspecified atom stereocenters. The van der Waals surface area contributed by atoms with Crippen LogP contribution in [0.2, 0.25) is 0 Å². The Balaban J connectivity index is 2.13. The van der Waals surface area contributed by atoms with Gasteiger partial charge in [-0.15, -0.1) is 0 Å². The molecule has 1 aromatic carbocycles. The van der Waals surface area contributed by atoms with Crippen molar-refractivity contribution in [2.45, 2.75) is 37.5 Å². The fourth-order valence-electron chi connectivity index (χ4n) is 6.00. The highest BCUT2D eigenvalue weighted by molar-refractivity contribution is 6.24. The summed E-state index contributed by atoms with van der Waals surface area (Å²) in [6.45, 7) is 2.70. The number of rotatable bonds is 4. The average molecular weight is 514 g/mol. The van der Waals surface area contributed by atoms with E-state index in [1.54, 1.807) is 6.92 Å². The zero-order valence-corrected chi connectivity index (χ0v) is 20.3. The number of aliphatic hydroxyl groups excluding tert-OH is 2. The molecule has 0 spiro atoms. The number of fused-ring (bicyclic) bond motifs is 3. The Hall–Kier alpha value is -4.10. The van der Waals surface area contributed by atoms with E-state index in [0.717, 1.165) is 6.92 Å². The Bertz CT molecular complexity index is 1350. The third kappa shape index (κ3) is 3.30. The van der Waals surface area contributed by atoms with Crippen LogP contribution in [0.25, 0.3) is 5.76 Å². The molecular formula is C24H26N4O9. The number of benzene rings is 1. The van der Waals surface area contributed by atoms with Gasteiger partial charge in [0.05, 0.1) is 17.5 Å². The molecule has 1 amide bonds. The van der Waals surface area contributed by atoms with Crippen LogP contribution in [0.3, 0.4) is 0 Å². The van der Waals surface area contributed by atoms with E-state index >= 15 is 0 Å². The maximum absolute atomic E-state index is 14.0. The number of hydrogen-bond acceptors (Lipinski definition) is 12. The zero-order chi connectivity index (χ0) is 27.7. The van der Waals surface area contributed by atoms with E-state index in [2.05, 4.69) is 5.11 Å². The molecule has 7 N–H and O–H groups in total. The predicted molar refractivity (Wildman–Crippen MR) is 125 cm³/mol. The van der Waals surface area contributed by atoms with Gasteiger partial charge in [-0.25, -0.2) is 5.53 Å². The van der Waals surface area contributed by atoms with E-state index in [1.165, 1.54) is 31.1 Å². The number of nitrogens with two attached hydrogens (primary N) is 1. The first kappa shape index (κ1) is 26.0. The third-order valence-electron chi connectivity index (χ3n) is 7.50. The smallest absolute Gasteiger partial charge is 0.302 e. The lowest BCUT2D eigenvalue weighted by Gasteiger charge is -2.54. The van der Waals surface area contributed by atoms with E-state index in [9.17, 15) is 39.6 Å². The summed E-state index contributed by atoms with van der Waals surface area (Å²) < 4.78 is 5.59. The number of nitrogens with one attached hydrogen (secondary N) is 1. The van der Waals surface area contributed by atoms with Crippen molar-refractivity contribution in [3.8, 4) is 5.75 Å². The zero-order valence-electron chi connectivity index (χ0n) is 20.3. The van der Waals surface area contributed by atoms with Gasteiger partial charge in [0.25, 0.3) is 5.91 Å². The predicted octanol–water partition coefficient (Wildman–Crippen LogP) is 0.729. The number of aliphatic hydroxyl groups is 3. The number of hydrogen-bond donors (Lipinski definition) is 6. The molecule has 13 heteroatoms. The van der Waals surface area contributed by atoms with Crippen LogP contribution in [0.5, 0.6) is 5.75 Å². The molecule has 3 aliphatic rings. The molecular weight excluding hydrogens is 488 g/mol. The molecule has 1 fully saturated rings. The topological polar surface area (TPSA) is 224 Å². The molecule has 1 aromatic rings. The minimum absolute atomic E-state index is 0.206. The maximum Gasteiger partial charge on any atom is 0.302 e. The lowest BCUT2D eigenvalue weighted by molar-refractivity contribution is -0.184. The van der Waals surface area contributed by atoms with Gasteiger partial charge in [-0.1, -0.05) is 13.0 Å². The number of likely N-dealkylation sites (N-methyl/N-ethyl adjacent to an activating group) is 1. The van der Waals surface area contributed by atoms with Crippen LogP contribution in [-0.2, 0) is 23.9 Å². The minimum atomic E-state index is -3.00. The van der Waals surface area contributed by atoms with Gasteiger partial charge in [-0.05, 0) is 31.6 Å². The number of esters is 1. The number of ether oxygens (including phenoxy) is 1. The summed E-state index contributed by atoms with van der Waals surface area (Å²) in [5.74, 6) is -10.6. The van der Waals surface area contributed by atoms with Crippen molar-refractivity contribution in [1.29, 1.82) is 5.53 Å². The Morgan fingerprint density at radius 3 is 2.32 bits per heavy atom. The number of primary amides is 1. The number of ketones is 2. The van der Waals surface area contributed by atoms with Crippen LogP contribution >= 0.6 is 0 Å². The van der Waals surface area contributed by atoms with E-state index in [4.69, 9.17) is 16.0 Å². The molecule has 37 heavy (non-hydrogen) atoms. The molecule has 196 valence electrons. The van der Waals surface area contributed by atoms with E-state index in [-0.39, 0.29) is 11.3 Å². The van der Waals surface area contributed by atoms with Gasteiger partial charge in [0.2, 0.25) is 5.78 Å². The van der Waals surface area contributed by atoms with Gasteiger partial charge in [-0.2, -0.15) is 5.11 Å². The van der Waals surface area contributed by atoms with E-state index < -0.39 is 87.4 Å². The lowest BCUT2D eigenvalue weighted by Crippen LogP contribution is -2.71. The Labute approximate surface area is 210 Å². The number of carbonyl (C=O) groups excluding carboxylic acids is 4. The molecule has 0 saturated heterocycles. The van der Waals surface area contributed by atoms with Crippen molar-refractivity contribution < 1.29 is 44.3 Å². The van der Waals surface area contributed by atoms with Gasteiger partial charge in [0, 0.05) is 18.4 Å². The van der Waals surface area contributed by atoms with Gasteiger partial charge in [0.15, 0.2) is 17.1 Å². The molecule has 13 nitrogen and oxygen atoms in total. The molecule has 0 heterocycles. The summed E-state index contributed by atoms with van der Waals surface area (Å²) in [5, 5.41) is 48.0. The first-order valence-corrected chi connectivity index (χ1v) is 11.3. The SMILES string of the molecule is CC(=O)O[C@H]1[C@H]2C(=C(O)c3c(ccc(N=N)c3O)[C@@H]2C)C(=O)[C@]2(O)C(O)=C(C(N)=O)C(=O)[C@@H](N(C)C)[C@H]12. The van der Waals surface area contributed by atoms with Crippen LogP contribution in [0.4, 0.5) is 5.69 Å². The number of phenolic OH excluding ortho intramolecular Hbond substituents is 1.